The zero-order valence-electron chi connectivity index (χ0n) is 12.2. The van der Waals surface area contributed by atoms with E-state index in [1.165, 1.54) is 48.4 Å². The van der Waals surface area contributed by atoms with Gasteiger partial charge in [0.15, 0.2) is 0 Å². The van der Waals surface area contributed by atoms with Crippen LogP contribution in [-0.4, -0.2) is 43.2 Å². The number of hydrogen-bond donors (Lipinski definition) is 1. The molecule has 0 spiro atoms. The van der Waals surface area contributed by atoms with Gasteiger partial charge in [0, 0.05) is 4.88 Å². The van der Waals surface area contributed by atoms with Crippen LogP contribution in [0.25, 0.3) is 10.2 Å². The molecule has 4 nitrogen and oxygen atoms in total. The topological polar surface area (TPSA) is 33.5 Å². The van der Waals surface area contributed by atoms with Crippen LogP contribution in [0.5, 0.6) is 0 Å². The van der Waals surface area contributed by atoms with Crippen molar-refractivity contribution in [1.29, 1.82) is 0 Å². The maximum absolute atomic E-state index is 4.81. The molecule has 3 heterocycles. The zero-order chi connectivity index (χ0) is 13.7. The van der Waals surface area contributed by atoms with Crippen LogP contribution in [0.2, 0.25) is 0 Å². The molecule has 20 heavy (non-hydrogen) atoms. The maximum atomic E-state index is 4.81. The molecule has 106 valence electrons. The van der Waals surface area contributed by atoms with Gasteiger partial charge in [-0.1, -0.05) is 0 Å². The number of aromatic nitrogens is 2. The Kier molecular flexibility index (Phi) is 2.93. The Hall–Kier alpha value is -1.20. The summed E-state index contributed by atoms with van der Waals surface area (Å²) < 4.78 is 0. The van der Waals surface area contributed by atoms with Gasteiger partial charge in [-0.2, -0.15) is 0 Å². The first-order valence-electron chi connectivity index (χ1n) is 7.57. The van der Waals surface area contributed by atoms with Crippen molar-refractivity contribution in [3.05, 3.63) is 16.3 Å². The van der Waals surface area contributed by atoms with Gasteiger partial charge >= 0.3 is 0 Å². The van der Waals surface area contributed by atoms with Crippen molar-refractivity contribution in [2.75, 3.05) is 38.1 Å². The third-order valence-corrected chi connectivity index (χ3v) is 5.76. The molecule has 0 radical (unpaired) electrons. The molecule has 0 unspecified atom stereocenters. The first-order chi connectivity index (χ1) is 9.72. The third-order valence-electron chi connectivity index (χ3n) is 4.57. The first kappa shape index (κ1) is 12.5. The molecule has 0 saturated carbocycles. The van der Waals surface area contributed by atoms with E-state index in [1.54, 1.807) is 15.3 Å². The summed E-state index contributed by atoms with van der Waals surface area (Å²) in [6.45, 7) is 6.66. The highest BCUT2D eigenvalue weighted by molar-refractivity contribution is 7.19. The van der Waals surface area contributed by atoms with Crippen LogP contribution < -0.4 is 9.80 Å². The Bertz CT molecular complexity index is 655. The Labute approximate surface area is 123 Å². The SMILES string of the molecule is Cc1nc(N2CC[NH+](C)CC2)c2c3c(sc2n1)CCC3. The molecule has 2 aromatic rings. The van der Waals surface area contributed by atoms with Crippen LogP contribution in [0.4, 0.5) is 5.82 Å². The molecule has 1 aliphatic carbocycles. The van der Waals surface area contributed by atoms with Gasteiger partial charge in [0.25, 0.3) is 0 Å². The second-order valence-corrected chi connectivity index (χ2v) is 7.16. The normalized spacial score (nSPS) is 19.8. The van der Waals surface area contributed by atoms with Crippen molar-refractivity contribution in [2.24, 2.45) is 0 Å². The predicted octanol–water partition coefficient (Wildman–Crippen LogP) is 0.823. The van der Waals surface area contributed by atoms with Gasteiger partial charge in [-0.3, -0.25) is 0 Å². The number of thiophene rings is 1. The summed E-state index contributed by atoms with van der Waals surface area (Å²) in [5.41, 5.74) is 1.55. The summed E-state index contributed by atoms with van der Waals surface area (Å²) >= 11 is 1.90. The largest absolute Gasteiger partial charge is 0.345 e. The number of aryl methyl sites for hydroxylation is 3. The van der Waals surface area contributed by atoms with Crippen LogP contribution in [0.15, 0.2) is 0 Å². The number of anilines is 1. The van der Waals surface area contributed by atoms with Crippen molar-refractivity contribution >= 4 is 27.4 Å². The maximum Gasteiger partial charge on any atom is 0.141 e. The number of piperazine rings is 1. The predicted molar refractivity (Wildman–Crippen MR) is 83.0 cm³/mol. The molecule has 0 atom stereocenters. The molecule has 2 aromatic heterocycles. The minimum atomic E-state index is 0.915. The van der Waals surface area contributed by atoms with Crippen molar-refractivity contribution in [1.82, 2.24) is 9.97 Å². The molecule has 0 bridgehead atoms. The molecule has 1 saturated heterocycles. The summed E-state index contributed by atoms with van der Waals surface area (Å²) in [7, 11) is 2.28. The molecular formula is C15H21N4S+. The van der Waals surface area contributed by atoms with Crippen molar-refractivity contribution < 1.29 is 4.90 Å². The summed E-state index contributed by atoms with van der Waals surface area (Å²) in [4.78, 5) is 16.4. The van der Waals surface area contributed by atoms with Gasteiger partial charge in [-0.25, -0.2) is 9.97 Å². The van der Waals surface area contributed by atoms with Crippen molar-refractivity contribution in [2.45, 2.75) is 26.2 Å². The van der Waals surface area contributed by atoms with Gasteiger partial charge in [-0.15, -0.1) is 11.3 Å². The molecular weight excluding hydrogens is 268 g/mol. The fourth-order valence-electron chi connectivity index (χ4n) is 3.41. The quantitative estimate of drug-likeness (QED) is 0.844. The van der Waals surface area contributed by atoms with E-state index in [-0.39, 0.29) is 0 Å². The zero-order valence-corrected chi connectivity index (χ0v) is 13.0. The van der Waals surface area contributed by atoms with E-state index in [2.05, 4.69) is 16.9 Å². The number of hydrogen-bond acceptors (Lipinski definition) is 4. The van der Waals surface area contributed by atoms with Crippen LogP contribution in [0.3, 0.4) is 0 Å². The highest BCUT2D eigenvalue weighted by Gasteiger charge is 2.26. The Morgan fingerprint density at radius 3 is 2.75 bits per heavy atom. The monoisotopic (exact) mass is 289 g/mol. The standard InChI is InChI=1S/C15H20N4S/c1-10-16-14(19-8-6-18(2)7-9-19)13-11-4-3-5-12(11)20-15(13)17-10/h3-9H2,1-2H3/p+1. The third kappa shape index (κ3) is 1.91. The average Bonchev–Trinajstić information content (AvgIpc) is 2.98. The summed E-state index contributed by atoms with van der Waals surface area (Å²) in [5, 5.41) is 1.37. The smallest absolute Gasteiger partial charge is 0.141 e. The van der Waals surface area contributed by atoms with Crippen LogP contribution >= 0.6 is 11.3 Å². The number of rotatable bonds is 1. The molecule has 0 amide bonds. The second-order valence-electron chi connectivity index (χ2n) is 6.08. The lowest BCUT2D eigenvalue weighted by Gasteiger charge is -2.31. The minimum absolute atomic E-state index is 0.915. The Morgan fingerprint density at radius 2 is 1.95 bits per heavy atom. The van der Waals surface area contributed by atoms with E-state index in [0.29, 0.717) is 0 Å². The molecule has 2 aliphatic rings. The van der Waals surface area contributed by atoms with E-state index in [0.717, 1.165) is 18.9 Å². The number of nitrogens with one attached hydrogen (secondary N) is 1. The van der Waals surface area contributed by atoms with E-state index in [1.807, 2.05) is 18.3 Å². The molecule has 4 rings (SSSR count). The number of likely N-dealkylation sites (N-methyl/N-ethyl adjacent to an activating group) is 1. The first-order valence-corrected chi connectivity index (χ1v) is 8.39. The lowest BCUT2D eigenvalue weighted by atomic mass is 10.1. The summed E-state index contributed by atoms with van der Waals surface area (Å²) in [6.07, 6.45) is 3.76. The average molecular weight is 289 g/mol. The number of quaternary nitrogens is 1. The van der Waals surface area contributed by atoms with Gasteiger partial charge < -0.3 is 9.80 Å². The molecule has 5 heteroatoms. The number of fused-ring (bicyclic) bond motifs is 3. The minimum Gasteiger partial charge on any atom is -0.345 e. The molecule has 1 aliphatic heterocycles. The highest BCUT2D eigenvalue weighted by Crippen LogP contribution is 2.40. The van der Waals surface area contributed by atoms with Crippen molar-refractivity contribution in [3.63, 3.8) is 0 Å². The number of nitrogens with zero attached hydrogens (tertiary/aromatic N) is 3. The summed E-state index contributed by atoms with van der Waals surface area (Å²) in [5.74, 6) is 2.12. The van der Waals surface area contributed by atoms with Gasteiger partial charge in [-0.05, 0) is 31.7 Å². The summed E-state index contributed by atoms with van der Waals surface area (Å²) in [6, 6.07) is 0. The molecule has 0 aromatic carbocycles. The molecule has 1 fully saturated rings. The van der Waals surface area contributed by atoms with Crippen LogP contribution in [0, 0.1) is 6.92 Å². The van der Waals surface area contributed by atoms with Gasteiger partial charge in [0.1, 0.15) is 16.5 Å². The van der Waals surface area contributed by atoms with Crippen molar-refractivity contribution in [3.8, 4) is 0 Å². The lowest BCUT2D eigenvalue weighted by Crippen LogP contribution is -3.12. The van der Waals surface area contributed by atoms with E-state index in [9.17, 15) is 0 Å². The van der Waals surface area contributed by atoms with Gasteiger partial charge in [0.2, 0.25) is 0 Å². The van der Waals surface area contributed by atoms with Crippen LogP contribution in [-0.2, 0) is 12.8 Å². The Balaban J connectivity index is 1.85. The van der Waals surface area contributed by atoms with E-state index >= 15 is 0 Å². The molecule has 1 N–H and O–H groups in total. The van der Waals surface area contributed by atoms with Crippen LogP contribution in [0.1, 0.15) is 22.7 Å². The highest BCUT2D eigenvalue weighted by atomic mass is 32.1. The lowest BCUT2D eigenvalue weighted by molar-refractivity contribution is -0.880. The fourth-order valence-corrected chi connectivity index (χ4v) is 4.71. The van der Waals surface area contributed by atoms with E-state index in [4.69, 9.17) is 4.98 Å². The Morgan fingerprint density at radius 1 is 1.15 bits per heavy atom. The van der Waals surface area contributed by atoms with Gasteiger partial charge in [0.05, 0.1) is 38.6 Å². The fraction of sp³-hybridized carbons (Fsp3) is 0.600. The second kappa shape index (κ2) is 4.67. The van der Waals surface area contributed by atoms with E-state index < -0.39 is 0 Å².